The molecule has 0 bridgehead atoms. The van der Waals surface area contributed by atoms with Gasteiger partial charge < -0.3 is 4.42 Å². The minimum absolute atomic E-state index is 0.634. The fourth-order valence-electron chi connectivity index (χ4n) is 2.19. The summed E-state index contributed by atoms with van der Waals surface area (Å²) >= 11 is 1.67. The van der Waals surface area contributed by atoms with Crippen molar-refractivity contribution in [2.75, 3.05) is 0 Å². The Morgan fingerprint density at radius 1 is 0.955 bits per heavy atom. The fourth-order valence-corrected chi connectivity index (χ4v) is 2.77. The van der Waals surface area contributed by atoms with Gasteiger partial charge in [0.25, 0.3) is 0 Å². The van der Waals surface area contributed by atoms with E-state index in [0.717, 1.165) is 27.2 Å². The average Bonchev–Trinajstić information content (AvgIpc) is 3.22. The van der Waals surface area contributed by atoms with Gasteiger partial charge >= 0.3 is 0 Å². The predicted octanol–water partition coefficient (Wildman–Crippen LogP) is 5.31. The van der Waals surface area contributed by atoms with Crippen LogP contribution in [-0.2, 0) is 0 Å². The van der Waals surface area contributed by atoms with Gasteiger partial charge in [0.2, 0.25) is 5.89 Å². The van der Waals surface area contributed by atoms with Crippen LogP contribution in [0.15, 0.2) is 75.5 Å². The lowest BCUT2D eigenvalue weighted by atomic mass is 10.2. The molecule has 0 saturated heterocycles. The van der Waals surface area contributed by atoms with Crippen molar-refractivity contribution in [3.05, 3.63) is 70.9 Å². The molecule has 0 amide bonds. The molecule has 4 rings (SSSR count). The fraction of sp³-hybridized carbons (Fsp3) is 0. The molecule has 0 atom stereocenters. The molecule has 0 aliphatic carbocycles. The van der Waals surface area contributed by atoms with Crippen LogP contribution in [0.25, 0.3) is 22.6 Å². The van der Waals surface area contributed by atoms with E-state index in [4.69, 9.17) is 4.42 Å². The maximum absolute atomic E-state index is 5.76. The molecule has 0 aliphatic rings. The third-order valence-corrected chi connectivity index (χ3v) is 4.10. The third kappa shape index (κ3) is 2.56. The SMILES string of the molecule is C(=Nc1ccc(-c2nc3ccccc3o2)cc1)c1cccs1. The molecule has 0 radical (unpaired) electrons. The number of aliphatic imine (C=N–C) groups is 1. The lowest BCUT2D eigenvalue weighted by molar-refractivity contribution is 0.620. The topological polar surface area (TPSA) is 38.4 Å². The minimum atomic E-state index is 0.634. The van der Waals surface area contributed by atoms with Gasteiger partial charge in [-0.25, -0.2) is 4.98 Å². The van der Waals surface area contributed by atoms with Gasteiger partial charge in [-0.3, -0.25) is 4.99 Å². The van der Waals surface area contributed by atoms with Crippen molar-refractivity contribution >= 4 is 34.3 Å². The van der Waals surface area contributed by atoms with E-state index in [2.05, 4.69) is 9.98 Å². The smallest absolute Gasteiger partial charge is 0.227 e. The molecule has 0 spiro atoms. The van der Waals surface area contributed by atoms with E-state index < -0.39 is 0 Å². The molecule has 0 unspecified atom stereocenters. The van der Waals surface area contributed by atoms with E-state index in [0.29, 0.717) is 5.89 Å². The number of hydrogen-bond donors (Lipinski definition) is 0. The summed E-state index contributed by atoms with van der Waals surface area (Å²) < 4.78 is 5.76. The van der Waals surface area contributed by atoms with Gasteiger partial charge in [-0.2, -0.15) is 0 Å². The molecule has 2 aromatic heterocycles. The summed E-state index contributed by atoms with van der Waals surface area (Å²) in [5.41, 5.74) is 3.54. The van der Waals surface area contributed by atoms with E-state index in [1.807, 2.05) is 72.3 Å². The zero-order chi connectivity index (χ0) is 14.8. The number of aromatic nitrogens is 1. The predicted molar refractivity (Wildman–Crippen MR) is 91.0 cm³/mol. The third-order valence-electron chi connectivity index (χ3n) is 3.29. The van der Waals surface area contributed by atoms with Crippen molar-refractivity contribution in [3.8, 4) is 11.5 Å². The van der Waals surface area contributed by atoms with Gasteiger partial charge in [-0.15, -0.1) is 11.3 Å². The minimum Gasteiger partial charge on any atom is -0.436 e. The molecule has 0 aliphatic heterocycles. The first kappa shape index (κ1) is 13.0. The first-order valence-corrected chi connectivity index (χ1v) is 7.80. The van der Waals surface area contributed by atoms with Crippen LogP contribution in [0, 0.1) is 0 Å². The van der Waals surface area contributed by atoms with Crippen LogP contribution >= 0.6 is 11.3 Å². The zero-order valence-corrected chi connectivity index (χ0v) is 12.5. The Morgan fingerprint density at radius 3 is 2.59 bits per heavy atom. The molecule has 4 aromatic rings. The van der Waals surface area contributed by atoms with E-state index in [1.54, 1.807) is 11.3 Å². The van der Waals surface area contributed by atoms with Crippen LogP contribution in [0.3, 0.4) is 0 Å². The van der Waals surface area contributed by atoms with Crippen molar-refractivity contribution in [2.45, 2.75) is 0 Å². The summed E-state index contributed by atoms with van der Waals surface area (Å²) in [7, 11) is 0. The summed E-state index contributed by atoms with van der Waals surface area (Å²) in [5, 5.41) is 2.04. The summed E-state index contributed by atoms with van der Waals surface area (Å²) in [4.78, 5) is 10.1. The van der Waals surface area contributed by atoms with E-state index in [-0.39, 0.29) is 0 Å². The maximum Gasteiger partial charge on any atom is 0.227 e. The standard InChI is InChI=1S/C18H12N2OS/c1-2-6-17-16(5-1)20-18(21-17)13-7-9-14(10-8-13)19-12-15-4-3-11-22-15/h1-12H. The van der Waals surface area contributed by atoms with Gasteiger partial charge in [-0.1, -0.05) is 18.2 Å². The van der Waals surface area contributed by atoms with Crippen LogP contribution < -0.4 is 0 Å². The van der Waals surface area contributed by atoms with Crippen molar-refractivity contribution in [3.63, 3.8) is 0 Å². The van der Waals surface area contributed by atoms with Crippen molar-refractivity contribution in [1.29, 1.82) is 0 Å². The molecule has 22 heavy (non-hydrogen) atoms. The van der Waals surface area contributed by atoms with E-state index >= 15 is 0 Å². The highest BCUT2D eigenvalue weighted by atomic mass is 32.1. The maximum atomic E-state index is 5.76. The van der Waals surface area contributed by atoms with Crippen LogP contribution in [-0.4, -0.2) is 11.2 Å². The number of para-hydroxylation sites is 2. The molecule has 2 aromatic carbocycles. The normalized spacial score (nSPS) is 11.5. The lowest BCUT2D eigenvalue weighted by Gasteiger charge is -1.96. The Balaban J connectivity index is 1.61. The Morgan fingerprint density at radius 2 is 1.82 bits per heavy atom. The molecule has 4 heteroatoms. The van der Waals surface area contributed by atoms with Gasteiger partial charge in [0.05, 0.1) is 5.69 Å². The second-order valence-corrected chi connectivity index (χ2v) is 5.79. The Kier molecular flexibility index (Phi) is 3.29. The van der Waals surface area contributed by atoms with Crippen molar-refractivity contribution in [2.24, 2.45) is 4.99 Å². The molecule has 0 saturated carbocycles. The second-order valence-electron chi connectivity index (χ2n) is 4.81. The molecule has 3 nitrogen and oxygen atoms in total. The highest BCUT2D eigenvalue weighted by Crippen LogP contribution is 2.25. The number of nitrogens with zero attached hydrogens (tertiary/aromatic N) is 2. The monoisotopic (exact) mass is 304 g/mol. The van der Waals surface area contributed by atoms with Crippen LogP contribution in [0.5, 0.6) is 0 Å². The number of hydrogen-bond acceptors (Lipinski definition) is 4. The first-order chi connectivity index (χ1) is 10.9. The van der Waals surface area contributed by atoms with Gasteiger partial charge in [0.15, 0.2) is 5.58 Å². The summed E-state index contributed by atoms with van der Waals surface area (Å²) in [6, 6.07) is 19.7. The van der Waals surface area contributed by atoms with Crippen molar-refractivity contribution in [1.82, 2.24) is 4.98 Å². The van der Waals surface area contributed by atoms with Gasteiger partial charge in [0.1, 0.15) is 5.52 Å². The van der Waals surface area contributed by atoms with Crippen molar-refractivity contribution < 1.29 is 4.42 Å². The quantitative estimate of drug-likeness (QED) is 0.481. The summed E-state index contributed by atoms with van der Waals surface area (Å²) in [6.45, 7) is 0. The Labute approximate surface area is 131 Å². The molecular weight excluding hydrogens is 292 g/mol. The Bertz CT molecular complexity index is 888. The highest BCUT2D eigenvalue weighted by molar-refractivity contribution is 7.11. The molecule has 2 heterocycles. The lowest BCUT2D eigenvalue weighted by Crippen LogP contribution is -1.77. The zero-order valence-electron chi connectivity index (χ0n) is 11.6. The van der Waals surface area contributed by atoms with Gasteiger partial charge in [-0.05, 0) is 47.8 Å². The number of oxazole rings is 1. The second kappa shape index (κ2) is 5.58. The molecule has 0 N–H and O–H groups in total. The summed E-state index contributed by atoms with van der Waals surface area (Å²) in [6.07, 6.45) is 1.87. The van der Waals surface area contributed by atoms with Gasteiger partial charge in [0, 0.05) is 16.7 Å². The number of rotatable bonds is 3. The number of benzene rings is 2. The van der Waals surface area contributed by atoms with Crippen LogP contribution in [0.2, 0.25) is 0 Å². The van der Waals surface area contributed by atoms with E-state index in [1.165, 1.54) is 0 Å². The van der Waals surface area contributed by atoms with Crippen LogP contribution in [0.1, 0.15) is 4.88 Å². The molecule has 0 fully saturated rings. The molecule has 106 valence electrons. The largest absolute Gasteiger partial charge is 0.436 e. The number of thiophene rings is 1. The van der Waals surface area contributed by atoms with E-state index in [9.17, 15) is 0 Å². The molecular formula is C18H12N2OS. The highest BCUT2D eigenvalue weighted by Gasteiger charge is 2.07. The first-order valence-electron chi connectivity index (χ1n) is 6.92. The Hall–Kier alpha value is -2.72. The average molecular weight is 304 g/mol. The number of fused-ring (bicyclic) bond motifs is 1. The van der Waals surface area contributed by atoms with Crippen LogP contribution in [0.4, 0.5) is 5.69 Å². The summed E-state index contributed by atoms with van der Waals surface area (Å²) in [5.74, 6) is 0.634.